The van der Waals surface area contributed by atoms with Gasteiger partial charge < -0.3 is 14.2 Å². The van der Waals surface area contributed by atoms with Crippen molar-refractivity contribution in [3.8, 4) is 11.5 Å². The molecule has 0 N–H and O–H groups in total. The number of hydrogen-bond donors (Lipinski definition) is 0. The maximum absolute atomic E-state index is 12.1. The molecular weight excluding hydrogens is 457 g/mol. The Bertz CT molecular complexity index is 908. The lowest BCUT2D eigenvalue weighted by Gasteiger charge is -2.07. The number of cyclic esters (lactones) is 1. The van der Waals surface area contributed by atoms with Crippen molar-refractivity contribution < 1.29 is 19.0 Å². The monoisotopic (exact) mass is 469 g/mol. The molecule has 0 saturated heterocycles. The summed E-state index contributed by atoms with van der Waals surface area (Å²) in [5.41, 5.74) is 1.51. The molecule has 1 aliphatic heterocycles. The zero-order chi connectivity index (χ0) is 18.0. The van der Waals surface area contributed by atoms with Gasteiger partial charge in [0.15, 0.2) is 17.2 Å². The maximum atomic E-state index is 12.1. The van der Waals surface area contributed by atoms with Gasteiger partial charge in [0.1, 0.15) is 0 Å². The summed E-state index contributed by atoms with van der Waals surface area (Å²) in [5.74, 6) is 0.835. The van der Waals surface area contributed by atoms with E-state index in [2.05, 4.69) is 27.6 Å². The van der Waals surface area contributed by atoms with E-state index >= 15 is 0 Å². The van der Waals surface area contributed by atoms with Crippen LogP contribution in [-0.4, -0.2) is 26.1 Å². The number of carbonyl (C=O) groups is 1. The van der Waals surface area contributed by atoms with Crippen LogP contribution in [0.4, 0.5) is 0 Å². The number of nitrogens with zero attached hydrogens (tertiary/aromatic N) is 1. The van der Waals surface area contributed by atoms with Crippen LogP contribution in [0, 0.1) is 3.57 Å². The molecule has 7 heteroatoms. The van der Waals surface area contributed by atoms with E-state index < -0.39 is 5.97 Å². The first-order valence-corrected chi connectivity index (χ1v) is 8.67. The number of carbonyl (C=O) groups excluding carboxylic acids is 1. The van der Waals surface area contributed by atoms with Gasteiger partial charge in [0, 0.05) is 3.57 Å². The van der Waals surface area contributed by atoms with E-state index in [1.54, 1.807) is 44.6 Å². The Kier molecular flexibility index (Phi) is 5.29. The number of methoxy groups -OCH3 is 2. The molecule has 128 valence electrons. The van der Waals surface area contributed by atoms with Gasteiger partial charge >= 0.3 is 5.97 Å². The number of rotatable bonds is 4. The summed E-state index contributed by atoms with van der Waals surface area (Å²) in [5, 5.41) is 0.472. The second-order valence-electron chi connectivity index (χ2n) is 5.07. The van der Waals surface area contributed by atoms with Crippen LogP contribution in [0.15, 0.2) is 47.1 Å². The Morgan fingerprint density at radius 1 is 1.12 bits per heavy atom. The highest BCUT2D eigenvalue weighted by atomic mass is 127. The number of hydrogen-bond acceptors (Lipinski definition) is 5. The van der Waals surface area contributed by atoms with Crippen molar-refractivity contribution in [3.63, 3.8) is 0 Å². The third kappa shape index (κ3) is 3.80. The predicted octanol–water partition coefficient (Wildman–Crippen LogP) is 4.31. The average Bonchev–Trinajstić information content (AvgIpc) is 2.97. The van der Waals surface area contributed by atoms with E-state index in [9.17, 15) is 4.79 Å². The van der Waals surface area contributed by atoms with Crippen molar-refractivity contribution in [3.05, 3.63) is 61.8 Å². The largest absolute Gasteiger partial charge is 0.493 e. The van der Waals surface area contributed by atoms with E-state index in [1.165, 1.54) is 0 Å². The molecule has 0 bridgehead atoms. The van der Waals surface area contributed by atoms with Crippen molar-refractivity contribution in [2.75, 3.05) is 14.2 Å². The highest BCUT2D eigenvalue weighted by Crippen LogP contribution is 2.30. The van der Waals surface area contributed by atoms with Crippen LogP contribution < -0.4 is 9.47 Å². The zero-order valence-electron chi connectivity index (χ0n) is 13.4. The molecule has 1 aliphatic rings. The lowest BCUT2D eigenvalue weighted by Crippen LogP contribution is -2.06. The minimum atomic E-state index is -0.528. The van der Waals surface area contributed by atoms with Gasteiger partial charge in [-0.25, -0.2) is 9.79 Å². The zero-order valence-corrected chi connectivity index (χ0v) is 16.3. The number of halogens is 2. The van der Waals surface area contributed by atoms with Crippen LogP contribution in [0.3, 0.4) is 0 Å². The standard InChI is InChI=1S/C18H13ClINO4/c1-23-15-6-3-10(8-16(15)24-2)7-14-18(22)25-17(21-14)12-9-11(20)4-5-13(12)19/h3-9H,1-2H3. The smallest absolute Gasteiger partial charge is 0.363 e. The summed E-state index contributed by atoms with van der Waals surface area (Å²) in [6.07, 6.45) is 1.62. The number of benzene rings is 2. The van der Waals surface area contributed by atoms with Crippen molar-refractivity contribution >= 4 is 52.1 Å². The lowest BCUT2D eigenvalue weighted by atomic mass is 10.1. The van der Waals surface area contributed by atoms with Crippen LogP contribution in [0.2, 0.25) is 5.02 Å². The average molecular weight is 470 g/mol. The second-order valence-corrected chi connectivity index (χ2v) is 6.73. The van der Waals surface area contributed by atoms with Crippen LogP contribution in [0.25, 0.3) is 6.08 Å². The van der Waals surface area contributed by atoms with Crippen LogP contribution in [0.5, 0.6) is 11.5 Å². The fraction of sp³-hybridized carbons (Fsp3) is 0.111. The number of esters is 1. The quantitative estimate of drug-likeness (QED) is 0.380. The van der Waals surface area contributed by atoms with Crippen molar-refractivity contribution in [2.45, 2.75) is 0 Å². The number of aliphatic imine (C=N–C) groups is 1. The van der Waals surface area contributed by atoms with Gasteiger partial charge in [0.05, 0.1) is 24.8 Å². The molecule has 2 aromatic rings. The summed E-state index contributed by atoms with van der Waals surface area (Å²) in [7, 11) is 3.11. The van der Waals surface area contributed by atoms with Gasteiger partial charge in [-0.2, -0.15) is 0 Å². The summed E-state index contributed by atoms with van der Waals surface area (Å²) >= 11 is 8.34. The molecule has 0 fully saturated rings. The van der Waals surface area contributed by atoms with Crippen molar-refractivity contribution in [2.24, 2.45) is 4.99 Å². The molecule has 5 nitrogen and oxygen atoms in total. The van der Waals surface area contributed by atoms with Crippen molar-refractivity contribution in [1.82, 2.24) is 0 Å². The summed E-state index contributed by atoms with van der Waals surface area (Å²) < 4.78 is 16.7. The van der Waals surface area contributed by atoms with Gasteiger partial charge in [-0.05, 0) is 64.6 Å². The normalized spacial score (nSPS) is 15.1. The van der Waals surface area contributed by atoms with Gasteiger partial charge in [-0.3, -0.25) is 0 Å². The molecule has 0 aliphatic carbocycles. The second kappa shape index (κ2) is 7.45. The summed E-state index contributed by atoms with van der Waals surface area (Å²) in [6, 6.07) is 10.7. The molecule has 0 aromatic heterocycles. The van der Waals surface area contributed by atoms with E-state index in [0.29, 0.717) is 22.1 Å². The SMILES string of the molecule is COc1ccc(C=C2N=C(c3cc(I)ccc3Cl)OC2=O)cc1OC. The van der Waals surface area contributed by atoms with Gasteiger partial charge in [-0.15, -0.1) is 0 Å². The van der Waals surface area contributed by atoms with E-state index in [0.717, 1.165) is 9.13 Å². The highest BCUT2D eigenvalue weighted by molar-refractivity contribution is 14.1. The minimum Gasteiger partial charge on any atom is -0.493 e. The fourth-order valence-electron chi connectivity index (χ4n) is 2.29. The third-order valence-electron chi connectivity index (χ3n) is 3.49. The van der Waals surface area contributed by atoms with E-state index in [4.69, 9.17) is 25.8 Å². The Hall–Kier alpha value is -2.06. The molecule has 25 heavy (non-hydrogen) atoms. The first-order chi connectivity index (χ1) is 12.0. The van der Waals surface area contributed by atoms with Gasteiger partial charge in [0.2, 0.25) is 5.90 Å². The first kappa shape index (κ1) is 17.8. The molecule has 3 rings (SSSR count). The maximum Gasteiger partial charge on any atom is 0.363 e. The Labute approximate surface area is 163 Å². The molecule has 0 unspecified atom stereocenters. The molecule has 0 radical (unpaired) electrons. The van der Waals surface area contributed by atoms with Gasteiger partial charge in [0.25, 0.3) is 0 Å². The predicted molar refractivity (Wildman–Crippen MR) is 104 cm³/mol. The molecule has 0 amide bonds. The fourth-order valence-corrected chi connectivity index (χ4v) is 2.98. The van der Waals surface area contributed by atoms with Gasteiger partial charge in [-0.1, -0.05) is 17.7 Å². The summed E-state index contributed by atoms with van der Waals surface area (Å²) in [4.78, 5) is 16.4. The Morgan fingerprint density at radius 3 is 2.60 bits per heavy atom. The summed E-state index contributed by atoms with van der Waals surface area (Å²) in [6.45, 7) is 0. The lowest BCUT2D eigenvalue weighted by molar-refractivity contribution is -0.129. The molecular formula is C18H13ClINO4. The molecule has 0 saturated carbocycles. The van der Waals surface area contributed by atoms with E-state index in [-0.39, 0.29) is 11.6 Å². The van der Waals surface area contributed by atoms with E-state index in [1.807, 2.05) is 12.1 Å². The molecule has 1 heterocycles. The van der Waals surface area contributed by atoms with Crippen LogP contribution in [-0.2, 0) is 9.53 Å². The third-order valence-corrected chi connectivity index (χ3v) is 4.49. The molecule has 2 aromatic carbocycles. The first-order valence-electron chi connectivity index (χ1n) is 7.22. The van der Waals surface area contributed by atoms with Crippen LogP contribution in [0.1, 0.15) is 11.1 Å². The van der Waals surface area contributed by atoms with Crippen molar-refractivity contribution in [1.29, 1.82) is 0 Å². The topological polar surface area (TPSA) is 57.1 Å². The Morgan fingerprint density at radius 2 is 1.88 bits per heavy atom. The molecule has 0 spiro atoms. The number of ether oxygens (including phenoxy) is 3. The minimum absolute atomic E-state index is 0.192. The highest BCUT2D eigenvalue weighted by Gasteiger charge is 2.25. The molecule has 0 atom stereocenters. The Balaban J connectivity index is 1.97. The van der Waals surface area contributed by atoms with Crippen LogP contribution >= 0.6 is 34.2 Å².